The summed E-state index contributed by atoms with van der Waals surface area (Å²) in [6, 6.07) is 11.9. The average Bonchev–Trinajstić information content (AvgIpc) is 2.66. The van der Waals surface area contributed by atoms with Crippen LogP contribution in [0.5, 0.6) is 11.5 Å². The van der Waals surface area contributed by atoms with E-state index in [1.165, 1.54) is 18.8 Å². The molecular weight excluding hydrogens is 336 g/mol. The van der Waals surface area contributed by atoms with Gasteiger partial charge in [0.25, 0.3) is 5.56 Å². The van der Waals surface area contributed by atoms with E-state index in [-0.39, 0.29) is 18.4 Å². The first-order valence-corrected chi connectivity index (χ1v) is 7.98. The number of aryl methyl sites for hydroxylation is 1. The molecule has 0 aliphatic heterocycles. The zero-order valence-electron chi connectivity index (χ0n) is 14.4. The van der Waals surface area contributed by atoms with Crippen molar-refractivity contribution in [3.8, 4) is 17.2 Å². The number of hydrogen-bond donors (Lipinski definition) is 0. The molecule has 7 nitrogen and oxygen atoms in total. The second-order valence-corrected chi connectivity index (χ2v) is 5.60. The lowest BCUT2D eigenvalue weighted by atomic mass is 10.2. The van der Waals surface area contributed by atoms with Crippen molar-refractivity contribution in [2.75, 3.05) is 14.2 Å². The quantitative estimate of drug-likeness (QED) is 0.658. The SMILES string of the molecule is COc1ccc(-n2c(CCC(=O)[O-])nc3ccccc3c2=O)c(OC)c1. The number of carbonyl (C=O) groups is 1. The normalized spacial score (nSPS) is 10.7. The zero-order chi connectivity index (χ0) is 18.7. The fourth-order valence-corrected chi connectivity index (χ4v) is 2.78. The Hall–Kier alpha value is -3.35. The molecule has 0 atom stereocenters. The lowest BCUT2D eigenvalue weighted by Crippen LogP contribution is -2.27. The molecule has 0 saturated heterocycles. The number of carbonyl (C=O) groups excluding carboxylic acids is 1. The molecule has 134 valence electrons. The lowest BCUT2D eigenvalue weighted by Gasteiger charge is -2.17. The first-order valence-electron chi connectivity index (χ1n) is 7.98. The van der Waals surface area contributed by atoms with Crippen LogP contribution in [0.15, 0.2) is 47.3 Å². The van der Waals surface area contributed by atoms with E-state index >= 15 is 0 Å². The van der Waals surface area contributed by atoms with Gasteiger partial charge in [-0.25, -0.2) is 4.98 Å². The van der Waals surface area contributed by atoms with Gasteiger partial charge < -0.3 is 19.4 Å². The van der Waals surface area contributed by atoms with Crippen LogP contribution in [0, 0.1) is 0 Å². The summed E-state index contributed by atoms with van der Waals surface area (Å²) >= 11 is 0. The van der Waals surface area contributed by atoms with Crippen LogP contribution >= 0.6 is 0 Å². The van der Waals surface area contributed by atoms with E-state index in [1.807, 2.05) is 0 Å². The third kappa shape index (κ3) is 3.23. The lowest BCUT2D eigenvalue weighted by molar-refractivity contribution is -0.305. The molecule has 1 heterocycles. The van der Waals surface area contributed by atoms with Crippen LogP contribution in [0.2, 0.25) is 0 Å². The number of ether oxygens (including phenoxy) is 2. The van der Waals surface area contributed by atoms with Gasteiger partial charge in [-0.1, -0.05) is 12.1 Å². The predicted octanol–water partition coefficient (Wildman–Crippen LogP) is 1.09. The number of carboxylic acid groups (broad SMARTS) is 1. The number of fused-ring (bicyclic) bond motifs is 1. The Bertz CT molecular complexity index is 1030. The number of aromatic nitrogens is 2. The highest BCUT2D eigenvalue weighted by Gasteiger charge is 2.16. The van der Waals surface area contributed by atoms with Crippen molar-refractivity contribution in [3.63, 3.8) is 0 Å². The van der Waals surface area contributed by atoms with Crippen LogP contribution in [-0.2, 0) is 11.2 Å². The van der Waals surface area contributed by atoms with Crippen LogP contribution in [-0.4, -0.2) is 29.7 Å². The van der Waals surface area contributed by atoms with Crippen LogP contribution in [0.25, 0.3) is 16.6 Å². The van der Waals surface area contributed by atoms with E-state index in [4.69, 9.17) is 9.47 Å². The largest absolute Gasteiger partial charge is 0.550 e. The van der Waals surface area contributed by atoms with Gasteiger partial charge in [0.1, 0.15) is 17.3 Å². The van der Waals surface area contributed by atoms with Gasteiger partial charge >= 0.3 is 0 Å². The van der Waals surface area contributed by atoms with E-state index in [0.29, 0.717) is 33.9 Å². The van der Waals surface area contributed by atoms with Crippen molar-refractivity contribution in [1.82, 2.24) is 9.55 Å². The minimum absolute atomic E-state index is 0.0532. The predicted molar refractivity (Wildman–Crippen MR) is 93.8 cm³/mol. The van der Waals surface area contributed by atoms with Crippen molar-refractivity contribution < 1.29 is 19.4 Å². The zero-order valence-corrected chi connectivity index (χ0v) is 14.4. The Morgan fingerprint density at radius 3 is 2.62 bits per heavy atom. The van der Waals surface area contributed by atoms with Crippen LogP contribution in [0.1, 0.15) is 12.2 Å². The fraction of sp³-hybridized carbons (Fsp3) is 0.211. The number of nitrogens with zero attached hydrogens (tertiary/aromatic N) is 2. The Kier molecular flexibility index (Phi) is 4.88. The summed E-state index contributed by atoms with van der Waals surface area (Å²) in [5, 5.41) is 11.3. The van der Waals surface area contributed by atoms with E-state index in [2.05, 4.69) is 4.98 Å². The highest BCUT2D eigenvalue weighted by atomic mass is 16.5. The van der Waals surface area contributed by atoms with Gasteiger partial charge in [0, 0.05) is 18.5 Å². The maximum Gasteiger partial charge on any atom is 0.266 e. The summed E-state index contributed by atoms with van der Waals surface area (Å²) in [5.41, 5.74) is 0.673. The Morgan fingerprint density at radius 2 is 1.92 bits per heavy atom. The molecule has 2 aromatic carbocycles. The van der Waals surface area contributed by atoms with Crippen molar-refractivity contribution in [2.45, 2.75) is 12.8 Å². The van der Waals surface area contributed by atoms with Gasteiger partial charge in [-0.2, -0.15) is 0 Å². The molecule has 26 heavy (non-hydrogen) atoms. The molecule has 0 aliphatic rings. The maximum absolute atomic E-state index is 13.1. The average molecular weight is 353 g/mol. The van der Waals surface area contributed by atoms with Gasteiger partial charge in [-0.15, -0.1) is 0 Å². The molecule has 1 aromatic heterocycles. The first-order chi connectivity index (χ1) is 12.5. The number of rotatable bonds is 6. The smallest absolute Gasteiger partial charge is 0.266 e. The maximum atomic E-state index is 13.1. The van der Waals surface area contributed by atoms with Gasteiger partial charge in [-0.05, 0) is 30.7 Å². The van der Waals surface area contributed by atoms with E-state index < -0.39 is 5.97 Å². The van der Waals surface area contributed by atoms with Crippen molar-refractivity contribution in [1.29, 1.82) is 0 Å². The molecule has 0 spiro atoms. The van der Waals surface area contributed by atoms with Gasteiger partial charge in [0.15, 0.2) is 0 Å². The molecule has 7 heteroatoms. The topological polar surface area (TPSA) is 93.5 Å². The minimum atomic E-state index is -1.21. The number of methoxy groups -OCH3 is 2. The minimum Gasteiger partial charge on any atom is -0.550 e. The van der Waals surface area contributed by atoms with Crippen LogP contribution in [0.3, 0.4) is 0 Å². The molecule has 0 aliphatic carbocycles. The molecule has 0 bridgehead atoms. The Labute approximate surface area is 149 Å². The number of para-hydroxylation sites is 1. The number of benzene rings is 2. The first kappa shape index (κ1) is 17.5. The second kappa shape index (κ2) is 7.26. The summed E-state index contributed by atoms with van der Waals surface area (Å²) in [5.74, 6) is 0.101. The Balaban J connectivity index is 2.29. The molecule has 0 unspecified atom stereocenters. The second-order valence-electron chi connectivity index (χ2n) is 5.60. The van der Waals surface area contributed by atoms with Gasteiger partial charge in [0.05, 0.1) is 30.8 Å². The molecule has 0 N–H and O–H groups in total. The monoisotopic (exact) mass is 353 g/mol. The summed E-state index contributed by atoms with van der Waals surface area (Å²) in [6.07, 6.45) is -0.194. The van der Waals surface area contributed by atoms with E-state index in [1.54, 1.807) is 42.5 Å². The summed E-state index contributed by atoms with van der Waals surface area (Å²) in [4.78, 5) is 28.5. The highest BCUT2D eigenvalue weighted by Crippen LogP contribution is 2.28. The van der Waals surface area contributed by atoms with Crippen molar-refractivity contribution in [2.24, 2.45) is 0 Å². The number of hydrogen-bond acceptors (Lipinski definition) is 6. The standard InChI is InChI=1S/C19H18N2O5/c1-25-12-7-8-15(16(11-12)26-2)21-17(9-10-18(22)23)20-14-6-4-3-5-13(14)19(21)24/h3-8,11H,9-10H2,1-2H3,(H,22,23)/p-1. The molecule has 0 radical (unpaired) electrons. The van der Waals surface area contributed by atoms with Crippen LogP contribution in [0.4, 0.5) is 0 Å². The number of carboxylic acids is 1. The van der Waals surface area contributed by atoms with E-state index in [0.717, 1.165) is 0 Å². The molecule has 3 aromatic rings. The highest BCUT2D eigenvalue weighted by molar-refractivity contribution is 5.78. The molecule has 0 amide bonds. The molecule has 3 rings (SSSR count). The van der Waals surface area contributed by atoms with Crippen molar-refractivity contribution >= 4 is 16.9 Å². The van der Waals surface area contributed by atoms with Crippen molar-refractivity contribution in [3.05, 3.63) is 58.6 Å². The molecule has 0 fully saturated rings. The number of aliphatic carboxylic acids is 1. The molecular formula is C19H17N2O5-. The van der Waals surface area contributed by atoms with E-state index in [9.17, 15) is 14.7 Å². The van der Waals surface area contributed by atoms with Gasteiger partial charge in [0.2, 0.25) is 0 Å². The summed E-state index contributed by atoms with van der Waals surface area (Å²) in [7, 11) is 3.02. The summed E-state index contributed by atoms with van der Waals surface area (Å²) < 4.78 is 12.0. The van der Waals surface area contributed by atoms with Crippen LogP contribution < -0.4 is 20.1 Å². The van der Waals surface area contributed by atoms with Gasteiger partial charge in [-0.3, -0.25) is 9.36 Å². The molecule has 0 saturated carbocycles. The fourth-order valence-electron chi connectivity index (χ4n) is 2.78. The third-order valence-corrected chi connectivity index (χ3v) is 4.03. The Morgan fingerprint density at radius 1 is 1.15 bits per heavy atom. The third-order valence-electron chi connectivity index (χ3n) is 4.03. The summed E-state index contributed by atoms with van der Waals surface area (Å²) in [6.45, 7) is 0.